The maximum Gasteiger partial charge on any atom is 0.172 e. The molecule has 0 amide bonds. The molecule has 1 aliphatic heterocycles. The highest BCUT2D eigenvalue weighted by Gasteiger charge is 2.19. The molecular formula is C17H23N5S. The number of benzene rings is 1. The van der Waals surface area contributed by atoms with Crippen LogP contribution in [-0.2, 0) is 13.6 Å². The van der Waals surface area contributed by atoms with Crippen LogP contribution in [-0.4, -0.2) is 38.9 Å². The Kier molecular flexibility index (Phi) is 5.25. The van der Waals surface area contributed by atoms with Gasteiger partial charge in [0.25, 0.3) is 0 Å². The number of anilines is 1. The zero-order valence-corrected chi connectivity index (χ0v) is 14.2. The predicted octanol–water partition coefficient (Wildman–Crippen LogP) is 2.37. The van der Waals surface area contributed by atoms with Gasteiger partial charge in [-0.2, -0.15) is 5.10 Å². The van der Waals surface area contributed by atoms with Crippen molar-refractivity contribution in [2.75, 3.05) is 18.4 Å². The molecule has 5 nitrogen and oxygen atoms in total. The van der Waals surface area contributed by atoms with E-state index >= 15 is 0 Å². The number of nitrogens with one attached hydrogen (secondary N) is 2. The van der Waals surface area contributed by atoms with Crippen molar-refractivity contribution in [1.29, 1.82) is 0 Å². The van der Waals surface area contributed by atoms with Crippen LogP contribution >= 0.6 is 12.2 Å². The van der Waals surface area contributed by atoms with Crippen molar-refractivity contribution in [2.24, 2.45) is 7.05 Å². The molecule has 1 saturated heterocycles. The molecule has 0 aliphatic carbocycles. The van der Waals surface area contributed by atoms with Crippen molar-refractivity contribution in [3.05, 3.63) is 48.2 Å². The van der Waals surface area contributed by atoms with Gasteiger partial charge in [0, 0.05) is 45.0 Å². The topological polar surface area (TPSA) is 45.1 Å². The first kappa shape index (κ1) is 16.0. The molecule has 6 heteroatoms. The fourth-order valence-corrected chi connectivity index (χ4v) is 3.17. The molecule has 1 aromatic heterocycles. The Morgan fingerprint density at radius 2 is 1.96 bits per heavy atom. The van der Waals surface area contributed by atoms with E-state index in [4.69, 9.17) is 12.2 Å². The van der Waals surface area contributed by atoms with Crippen LogP contribution < -0.4 is 10.6 Å². The number of aryl methyl sites for hydroxylation is 1. The molecule has 3 rings (SSSR count). The fraction of sp³-hybridized carbons (Fsp3) is 0.412. The van der Waals surface area contributed by atoms with Crippen LogP contribution in [0.4, 0.5) is 5.82 Å². The average Bonchev–Trinajstić information content (AvgIpc) is 2.95. The molecule has 23 heavy (non-hydrogen) atoms. The Labute approximate surface area is 142 Å². The van der Waals surface area contributed by atoms with E-state index in [0.29, 0.717) is 11.2 Å². The van der Waals surface area contributed by atoms with E-state index < -0.39 is 0 Å². The molecule has 0 atom stereocenters. The standard InChI is InChI=1S/C17H23N5S/c1-21-10-9-16(20-21)19-17(23)18-15-7-11-22(12-8-15)13-14-5-3-2-4-6-14/h2-6,9-10,15H,7-8,11-13H2,1H3,(H2,18,19,20,23). The maximum atomic E-state index is 5.38. The lowest BCUT2D eigenvalue weighted by molar-refractivity contribution is 0.199. The molecule has 2 N–H and O–H groups in total. The third-order valence-electron chi connectivity index (χ3n) is 4.13. The van der Waals surface area contributed by atoms with Gasteiger partial charge >= 0.3 is 0 Å². The van der Waals surface area contributed by atoms with Crippen molar-refractivity contribution in [2.45, 2.75) is 25.4 Å². The van der Waals surface area contributed by atoms with E-state index in [1.807, 2.05) is 19.3 Å². The number of likely N-dealkylation sites (tertiary alicyclic amines) is 1. The van der Waals surface area contributed by atoms with E-state index in [-0.39, 0.29) is 0 Å². The minimum atomic E-state index is 0.436. The van der Waals surface area contributed by atoms with E-state index in [0.717, 1.165) is 38.3 Å². The summed E-state index contributed by atoms with van der Waals surface area (Å²) in [5, 5.41) is 11.5. The number of rotatable bonds is 4. The van der Waals surface area contributed by atoms with Gasteiger partial charge in [0.2, 0.25) is 0 Å². The highest BCUT2D eigenvalue weighted by atomic mass is 32.1. The Balaban J connectivity index is 1.41. The smallest absolute Gasteiger partial charge is 0.172 e. The number of thiocarbonyl (C=S) groups is 1. The van der Waals surface area contributed by atoms with Crippen molar-refractivity contribution in [3.8, 4) is 0 Å². The Morgan fingerprint density at radius 1 is 1.22 bits per heavy atom. The zero-order chi connectivity index (χ0) is 16.1. The summed E-state index contributed by atoms with van der Waals surface area (Å²) in [5.41, 5.74) is 1.38. The van der Waals surface area contributed by atoms with Crippen LogP contribution in [0.1, 0.15) is 18.4 Å². The van der Waals surface area contributed by atoms with Crippen molar-refractivity contribution in [3.63, 3.8) is 0 Å². The van der Waals surface area contributed by atoms with E-state index in [9.17, 15) is 0 Å². The summed E-state index contributed by atoms with van der Waals surface area (Å²) in [4.78, 5) is 2.50. The molecule has 2 heterocycles. The van der Waals surface area contributed by atoms with Gasteiger partial charge in [-0.3, -0.25) is 9.58 Å². The quantitative estimate of drug-likeness (QED) is 0.843. The molecule has 0 radical (unpaired) electrons. The van der Waals surface area contributed by atoms with Crippen LogP contribution in [0.25, 0.3) is 0 Å². The minimum absolute atomic E-state index is 0.436. The monoisotopic (exact) mass is 329 g/mol. The molecule has 1 aromatic carbocycles. The van der Waals surface area contributed by atoms with Crippen molar-refractivity contribution < 1.29 is 0 Å². The highest BCUT2D eigenvalue weighted by molar-refractivity contribution is 7.80. The highest BCUT2D eigenvalue weighted by Crippen LogP contribution is 2.14. The Bertz CT molecular complexity index is 631. The first-order valence-corrected chi connectivity index (χ1v) is 8.43. The number of piperidine rings is 1. The van der Waals surface area contributed by atoms with E-state index in [2.05, 4.69) is 51.0 Å². The summed E-state index contributed by atoms with van der Waals surface area (Å²) in [6, 6.07) is 13.0. The minimum Gasteiger partial charge on any atom is -0.360 e. The first-order valence-electron chi connectivity index (χ1n) is 8.02. The Morgan fingerprint density at radius 3 is 2.61 bits per heavy atom. The number of hydrogen-bond acceptors (Lipinski definition) is 3. The van der Waals surface area contributed by atoms with Gasteiger partial charge in [0.15, 0.2) is 10.9 Å². The van der Waals surface area contributed by atoms with Crippen LogP contribution in [0.2, 0.25) is 0 Å². The Hall–Kier alpha value is -1.92. The second-order valence-corrected chi connectivity index (χ2v) is 6.42. The molecule has 1 fully saturated rings. The third kappa shape index (κ3) is 4.77. The lowest BCUT2D eigenvalue weighted by Crippen LogP contribution is -2.45. The summed E-state index contributed by atoms with van der Waals surface area (Å²) in [6.07, 6.45) is 4.11. The van der Waals surface area contributed by atoms with Gasteiger partial charge in [0.1, 0.15) is 0 Å². The number of nitrogens with zero attached hydrogens (tertiary/aromatic N) is 3. The second kappa shape index (κ2) is 7.57. The van der Waals surface area contributed by atoms with Crippen molar-refractivity contribution in [1.82, 2.24) is 20.0 Å². The molecule has 1 aliphatic rings. The summed E-state index contributed by atoms with van der Waals surface area (Å²) in [5.74, 6) is 0.784. The SMILES string of the molecule is Cn1ccc(NC(=S)NC2CCN(Cc3ccccc3)CC2)n1. The van der Waals surface area contributed by atoms with Crippen LogP contribution in [0.15, 0.2) is 42.6 Å². The van der Waals surface area contributed by atoms with Gasteiger partial charge in [-0.05, 0) is 30.6 Å². The largest absolute Gasteiger partial charge is 0.360 e. The number of hydrogen-bond donors (Lipinski definition) is 2. The van der Waals surface area contributed by atoms with Crippen LogP contribution in [0, 0.1) is 0 Å². The van der Waals surface area contributed by atoms with Gasteiger partial charge in [0.05, 0.1) is 0 Å². The van der Waals surface area contributed by atoms with E-state index in [1.54, 1.807) is 4.68 Å². The lowest BCUT2D eigenvalue weighted by atomic mass is 10.0. The molecule has 0 saturated carbocycles. The molecule has 122 valence electrons. The molecule has 0 unspecified atom stereocenters. The average molecular weight is 329 g/mol. The molecule has 0 spiro atoms. The lowest BCUT2D eigenvalue weighted by Gasteiger charge is -2.32. The fourth-order valence-electron chi connectivity index (χ4n) is 2.90. The molecule has 0 bridgehead atoms. The van der Waals surface area contributed by atoms with Gasteiger partial charge < -0.3 is 10.6 Å². The van der Waals surface area contributed by atoms with Gasteiger partial charge in [-0.25, -0.2) is 0 Å². The van der Waals surface area contributed by atoms with Crippen LogP contribution in [0.3, 0.4) is 0 Å². The zero-order valence-electron chi connectivity index (χ0n) is 13.4. The summed E-state index contributed by atoms with van der Waals surface area (Å²) >= 11 is 5.38. The predicted molar refractivity (Wildman–Crippen MR) is 97.3 cm³/mol. The second-order valence-electron chi connectivity index (χ2n) is 6.01. The molecule has 2 aromatic rings. The molecular weight excluding hydrogens is 306 g/mol. The van der Waals surface area contributed by atoms with Crippen molar-refractivity contribution >= 4 is 23.1 Å². The summed E-state index contributed by atoms with van der Waals surface area (Å²) in [7, 11) is 1.89. The first-order chi connectivity index (χ1) is 11.2. The van der Waals surface area contributed by atoms with Crippen LogP contribution in [0.5, 0.6) is 0 Å². The summed E-state index contributed by atoms with van der Waals surface area (Å²) in [6.45, 7) is 3.22. The van der Waals surface area contributed by atoms with Gasteiger partial charge in [-0.15, -0.1) is 0 Å². The van der Waals surface area contributed by atoms with E-state index in [1.165, 1.54) is 5.56 Å². The third-order valence-corrected chi connectivity index (χ3v) is 4.35. The maximum absolute atomic E-state index is 5.38. The van der Waals surface area contributed by atoms with Gasteiger partial charge in [-0.1, -0.05) is 30.3 Å². The summed E-state index contributed by atoms with van der Waals surface area (Å²) < 4.78 is 1.76. The number of aromatic nitrogens is 2. The normalized spacial score (nSPS) is 16.2.